The number of halogens is 1. The van der Waals surface area contributed by atoms with Crippen LogP contribution in [0.2, 0.25) is 0 Å². The fraction of sp³-hybridized carbons (Fsp3) is 0.333. The van der Waals surface area contributed by atoms with Gasteiger partial charge in [-0.1, -0.05) is 6.07 Å². The van der Waals surface area contributed by atoms with Gasteiger partial charge in [0.2, 0.25) is 0 Å². The summed E-state index contributed by atoms with van der Waals surface area (Å²) in [6, 6.07) is 9.34. The van der Waals surface area contributed by atoms with Crippen molar-refractivity contribution in [2.45, 2.75) is 13.8 Å². The van der Waals surface area contributed by atoms with Crippen LogP contribution in [0, 0.1) is 19.7 Å². The highest BCUT2D eigenvalue weighted by molar-refractivity contribution is 5.99. The van der Waals surface area contributed by atoms with Crippen molar-refractivity contribution in [2.24, 2.45) is 0 Å². The fourth-order valence-electron chi connectivity index (χ4n) is 3.41. The molecule has 27 heavy (non-hydrogen) atoms. The molecule has 6 heteroatoms. The van der Waals surface area contributed by atoms with Crippen molar-refractivity contribution >= 4 is 11.8 Å². The number of rotatable bonds is 3. The summed E-state index contributed by atoms with van der Waals surface area (Å²) >= 11 is 0. The second-order valence-electron chi connectivity index (χ2n) is 6.75. The first-order valence-electron chi connectivity index (χ1n) is 8.90. The van der Waals surface area contributed by atoms with Crippen LogP contribution in [0.25, 0.3) is 0 Å². The molecule has 0 atom stereocenters. The van der Waals surface area contributed by atoms with Gasteiger partial charge in [-0.15, -0.1) is 0 Å². The summed E-state index contributed by atoms with van der Waals surface area (Å²) in [5.74, 6) is -0.0314. The second kappa shape index (κ2) is 7.78. The molecule has 0 radical (unpaired) electrons. The van der Waals surface area contributed by atoms with E-state index in [1.54, 1.807) is 16.9 Å². The van der Waals surface area contributed by atoms with E-state index in [0.29, 0.717) is 43.1 Å². The zero-order valence-electron chi connectivity index (χ0n) is 15.8. The van der Waals surface area contributed by atoms with Gasteiger partial charge in [0.05, 0.1) is 12.7 Å². The molecule has 2 amide bonds. The highest BCUT2D eigenvalue weighted by atomic mass is 19.1. The summed E-state index contributed by atoms with van der Waals surface area (Å²) in [7, 11) is 1.56. The molecule has 1 aliphatic heterocycles. The summed E-state index contributed by atoms with van der Waals surface area (Å²) in [5, 5.41) is 0. The van der Waals surface area contributed by atoms with E-state index in [-0.39, 0.29) is 17.6 Å². The Labute approximate surface area is 158 Å². The molecule has 1 heterocycles. The molecule has 2 aromatic rings. The first-order chi connectivity index (χ1) is 12.9. The minimum atomic E-state index is -0.371. The lowest BCUT2D eigenvalue weighted by atomic mass is 10.0. The highest BCUT2D eigenvalue weighted by Crippen LogP contribution is 2.26. The van der Waals surface area contributed by atoms with E-state index in [9.17, 15) is 14.0 Å². The van der Waals surface area contributed by atoms with Gasteiger partial charge in [0.25, 0.3) is 11.8 Å². The number of nitrogens with zero attached hydrogens (tertiary/aromatic N) is 2. The Morgan fingerprint density at radius 1 is 0.926 bits per heavy atom. The van der Waals surface area contributed by atoms with Gasteiger partial charge >= 0.3 is 0 Å². The largest absolute Gasteiger partial charge is 0.496 e. The Morgan fingerprint density at radius 2 is 1.48 bits per heavy atom. The number of carbonyl (C=O) groups is 2. The van der Waals surface area contributed by atoms with Crippen LogP contribution in [0.15, 0.2) is 36.4 Å². The predicted octanol–water partition coefficient (Wildman–Crippen LogP) is 3.05. The van der Waals surface area contributed by atoms with Crippen LogP contribution in [-0.2, 0) is 0 Å². The standard InChI is InChI=1S/C21H23FN2O3/c1-14-12-15(2)19(18(13-14)27-3)21(26)24-10-8-23(9-11-24)20(25)16-4-6-17(22)7-5-16/h4-7,12-13H,8-11H2,1-3H3. The Bertz CT molecular complexity index is 856. The van der Waals surface area contributed by atoms with Gasteiger partial charge in [-0.25, -0.2) is 4.39 Å². The molecule has 0 spiro atoms. The van der Waals surface area contributed by atoms with Gasteiger partial charge in [0.1, 0.15) is 11.6 Å². The molecule has 1 aliphatic rings. The summed E-state index contributed by atoms with van der Waals surface area (Å²) < 4.78 is 18.4. The Hall–Kier alpha value is -2.89. The molecule has 1 saturated heterocycles. The van der Waals surface area contributed by atoms with Gasteiger partial charge in [0.15, 0.2) is 0 Å². The Kier molecular flexibility index (Phi) is 5.44. The number of amides is 2. The molecule has 0 saturated carbocycles. The van der Waals surface area contributed by atoms with E-state index in [1.807, 2.05) is 26.0 Å². The van der Waals surface area contributed by atoms with Gasteiger partial charge in [-0.3, -0.25) is 9.59 Å². The quantitative estimate of drug-likeness (QED) is 0.834. The number of hydrogen-bond acceptors (Lipinski definition) is 3. The van der Waals surface area contributed by atoms with E-state index in [0.717, 1.165) is 11.1 Å². The minimum Gasteiger partial charge on any atom is -0.496 e. The number of hydrogen-bond donors (Lipinski definition) is 0. The maximum absolute atomic E-state index is 13.0. The molecule has 1 fully saturated rings. The first kappa shape index (κ1) is 18.9. The van der Waals surface area contributed by atoms with Gasteiger partial charge in [-0.05, 0) is 55.3 Å². The number of piperazine rings is 1. The maximum atomic E-state index is 13.0. The van der Waals surface area contributed by atoms with E-state index in [2.05, 4.69) is 0 Å². The van der Waals surface area contributed by atoms with Crippen molar-refractivity contribution in [3.63, 3.8) is 0 Å². The van der Waals surface area contributed by atoms with E-state index in [4.69, 9.17) is 4.74 Å². The number of aryl methyl sites for hydroxylation is 2. The third-order valence-electron chi connectivity index (χ3n) is 4.82. The molecule has 142 valence electrons. The van der Waals surface area contributed by atoms with E-state index < -0.39 is 0 Å². The van der Waals surface area contributed by atoms with Crippen molar-refractivity contribution in [3.8, 4) is 5.75 Å². The lowest BCUT2D eigenvalue weighted by molar-refractivity contribution is 0.0533. The SMILES string of the molecule is COc1cc(C)cc(C)c1C(=O)N1CCN(C(=O)c2ccc(F)cc2)CC1. The monoisotopic (exact) mass is 370 g/mol. The van der Waals surface area contributed by atoms with Crippen LogP contribution in [0.5, 0.6) is 5.75 Å². The molecular weight excluding hydrogens is 347 g/mol. The zero-order valence-corrected chi connectivity index (χ0v) is 15.8. The van der Waals surface area contributed by atoms with Crippen LogP contribution < -0.4 is 4.74 Å². The van der Waals surface area contributed by atoms with Crippen molar-refractivity contribution in [2.75, 3.05) is 33.3 Å². The van der Waals surface area contributed by atoms with Crippen LogP contribution in [0.4, 0.5) is 4.39 Å². The Morgan fingerprint density at radius 3 is 2.04 bits per heavy atom. The van der Waals surface area contributed by atoms with Crippen LogP contribution >= 0.6 is 0 Å². The van der Waals surface area contributed by atoms with Gasteiger partial charge < -0.3 is 14.5 Å². The van der Waals surface area contributed by atoms with Gasteiger partial charge in [0, 0.05) is 31.7 Å². The van der Waals surface area contributed by atoms with Crippen molar-refractivity contribution < 1.29 is 18.7 Å². The average molecular weight is 370 g/mol. The third kappa shape index (κ3) is 3.94. The lowest BCUT2D eigenvalue weighted by Crippen LogP contribution is -2.50. The third-order valence-corrected chi connectivity index (χ3v) is 4.82. The molecule has 0 bridgehead atoms. The lowest BCUT2D eigenvalue weighted by Gasteiger charge is -2.35. The normalized spacial score (nSPS) is 14.2. The highest BCUT2D eigenvalue weighted by Gasteiger charge is 2.28. The topological polar surface area (TPSA) is 49.9 Å². The maximum Gasteiger partial charge on any atom is 0.258 e. The smallest absolute Gasteiger partial charge is 0.258 e. The van der Waals surface area contributed by atoms with E-state index >= 15 is 0 Å². The molecule has 0 N–H and O–H groups in total. The molecule has 3 rings (SSSR count). The van der Waals surface area contributed by atoms with Crippen LogP contribution in [-0.4, -0.2) is 54.9 Å². The molecular formula is C21H23FN2O3. The predicted molar refractivity (Wildman–Crippen MR) is 101 cm³/mol. The molecule has 0 aliphatic carbocycles. The number of ether oxygens (including phenoxy) is 1. The number of methoxy groups -OCH3 is 1. The summed E-state index contributed by atoms with van der Waals surface area (Å²) in [4.78, 5) is 29.0. The molecule has 5 nitrogen and oxygen atoms in total. The van der Waals surface area contributed by atoms with Gasteiger partial charge in [-0.2, -0.15) is 0 Å². The molecule has 2 aromatic carbocycles. The number of benzene rings is 2. The van der Waals surface area contributed by atoms with Crippen molar-refractivity contribution in [1.29, 1.82) is 0 Å². The Balaban J connectivity index is 1.70. The fourth-order valence-corrected chi connectivity index (χ4v) is 3.41. The zero-order chi connectivity index (χ0) is 19.6. The van der Waals surface area contributed by atoms with Crippen LogP contribution in [0.1, 0.15) is 31.8 Å². The van der Waals surface area contributed by atoms with Crippen molar-refractivity contribution in [1.82, 2.24) is 9.80 Å². The molecule has 0 aromatic heterocycles. The summed E-state index contributed by atoms with van der Waals surface area (Å²) in [6.07, 6.45) is 0. The van der Waals surface area contributed by atoms with Crippen molar-refractivity contribution in [3.05, 3.63) is 64.5 Å². The van der Waals surface area contributed by atoms with E-state index in [1.165, 1.54) is 24.3 Å². The number of carbonyl (C=O) groups excluding carboxylic acids is 2. The molecule has 0 unspecified atom stereocenters. The van der Waals surface area contributed by atoms with Crippen LogP contribution in [0.3, 0.4) is 0 Å². The second-order valence-corrected chi connectivity index (χ2v) is 6.75. The minimum absolute atomic E-state index is 0.0850. The average Bonchev–Trinajstić information content (AvgIpc) is 2.67. The summed E-state index contributed by atoms with van der Waals surface area (Å²) in [6.45, 7) is 5.63. The first-order valence-corrected chi connectivity index (χ1v) is 8.90. The summed E-state index contributed by atoms with van der Waals surface area (Å²) in [5.41, 5.74) is 2.94.